The zero-order valence-electron chi connectivity index (χ0n) is 9.65. The third-order valence-electron chi connectivity index (χ3n) is 2.50. The third-order valence-corrected chi connectivity index (χ3v) is 2.99. The molecule has 0 radical (unpaired) electrons. The number of carboxylic acids is 1. The van der Waals surface area contributed by atoms with Crippen molar-refractivity contribution in [1.82, 2.24) is 0 Å². The number of anilines is 3. The predicted octanol–water partition coefficient (Wildman–Crippen LogP) is 3.61. The van der Waals surface area contributed by atoms with Crippen LogP contribution in [-0.2, 0) is 0 Å². The second-order valence-electron chi connectivity index (χ2n) is 3.86. The van der Waals surface area contributed by atoms with Crippen molar-refractivity contribution in [2.75, 3.05) is 11.1 Å². The van der Waals surface area contributed by atoms with Gasteiger partial charge in [0, 0.05) is 4.47 Å². The SMILES string of the molecule is Nc1ccc(C(=O)O)cc1Nc1ccc(Br)cc1F. The van der Waals surface area contributed by atoms with Gasteiger partial charge in [0.05, 0.1) is 22.6 Å². The molecule has 0 aromatic heterocycles. The van der Waals surface area contributed by atoms with Crippen molar-refractivity contribution < 1.29 is 14.3 Å². The van der Waals surface area contributed by atoms with Crippen molar-refractivity contribution in [3.8, 4) is 0 Å². The number of halogens is 2. The van der Waals surface area contributed by atoms with Gasteiger partial charge in [-0.2, -0.15) is 0 Å². The van der Waals surface area contributed by atoms with Crippen LogP contribution < -0.4 is 11.1 Å². The molecule has 0 heterocycles. The number of nitrogens with one attached hydrogen (secondary N) is 1. The first-order valence-corrected chi connectivity index (χ1v) is 6.11. The van der Waals surface area contributed by atoms with E-state index in [1.807, 2.05) is 0 Å². The Kier molecular flexibility index (Phi) is 3.71. The van der Waals surface area contributed by atoms with Crippen LogP contribution in [0.4, 0.5) is 21.5 Å². The summed E-state index contributed by atoms with van der Waals surface area (Å²) in [7, 11) is 0. The maximum atomic E-state index is 13.7. The van der Waals surface area contributed by atoms with E-state index >= 15 is 0 Å². The Bertz CT molecular complexity index is 647. The molecule has 98 valence electrons. The monoisotopic (exact) mass is 324 g/mol. The Morgan fingerprint density at radius 1 is 1.21 bits per heavy atom. The van der Waals surface area contributed by atoms with E-state index in [1.165, 1.54) is 30.3 Å². The summed E-state index contributed by atoms with van der Waals surface area (Å²) < 4.78 is 14.3. The molecule has 0 aliphatic carbocycles. The molecular formula is C13H10BrFN2O2. The van der Waals surface area contributed by atoms with Crippen LogP contribution in [0.2, 0.25) is 0 Å². The molecule has 2 rings (SSSR count). The van der Waals surface area contributed by atoms with Crippen LogP contribution in [0, 0.1) is 5.82 Å². The normalized spacial score (nSPS) is 10.2. The molecule has 2 aromatic carbocycles. The Balaban J connectivity index is 2.37. The summed E-state index contributed by atoms with van der Waals surface area (Å²) in [4.78, 5) is 10.9. The first-order chi connectivity index (χ1) is 8.97. The van der Waals surface area contributed by atoms with Crippen molar-refractivity contribution in [2.24, 2.45) is 0 Å². The molecule has 0 aliphatic heterocycles. The van der Waals surface area contributed by atoms with E-state index < -0.39 is 11.8 Å². The third kappa shape index (κ3) is 3.03. The summed E-state index contributed by atoms with van der Waals surface area (Å²) in [5.41, 5.74) is 6.72. The highest BCUT2D eigenvalue weighted by Gasteiger charge is 2.09. The van der Waals surface area contributed by atoms with Gasteiger partial charge >= 0.3 is 5.97 Å². The molecule has 0 saturated heterocycles. The summed E-state index contributed by atoms with van der Waals surface area (Å²) in [6.45, 7) is 0. The molecule has 0 aliphatic rings. The highest BCUT2D eigenvalue weighted by Crippen LogP contribution is 2.27. The number of nitrogens with two attached hydrogens (primary N) is 1. The molecule has 6 heteroatoms. The maximum absolute atomic E-state index is 13.7. The first kappa shape index (κ1) is 13.4. The van der Waals surface area contributed by atoms with Crippen molar-refractivity contribution >= 4 is 39.0 Å². The van der Waals surface area contributed by atoms with Gasteiger partial charge in [-0.25, -0.2) is 9.18 Å². The second kappa shape index (κ2) is 5.27. The summed E-state index contributed by atoms with van der Waals surface area (Å²) >= 11 is 3.16. The Labute approximate surface area is 117 Å². The first-order valence-electron chi connectivity index (χ1n) is 5.32. The minimum Gasteiger partial charge on any atom is -0.478 e. The maximum Gasteiger partial charge on any atom is 0.335 e. The van der Waals surface area contributed by atoms with Crippen molar-refractivity contribution in [2.45, 2.75) is 0 Å². The molecule has 0 amide bonds. The van der Waals surface area contributed by atoms with Gasteiger partial charge < -0.3 is 16.2 Å². The lowest BCUT2D eigenvalue weighted by Gasteiger charge is -2.11. The molecule has 19 heavy (non-hydrogen) atoms. The summed E-state index contributed by atoms with van der Waals surface area (Å²) in [5, 5.41) is 11.7. The van der Waals surface area contributed by atoms with E-state index in [0.29, 0.717) is 15.8 Å². The lowest BCUT2D eigenvalue weighted by molar-refractivity contribution is 0.0697. The molecule has 2 aromatic rings. The second-order valence-corrected chi connectivity index (χ2v) is 4.77. The number of aromatic carboxylic acids is 1. The summed E-state index contributed by atoms with van der Waals surface area (Å²) in [5.74, 6) is -1.53. The van der Waals surface area contributed by atoms with Crippen LogP contribution >= 0.6 is 15.9 Å². The van der Waals surface area contributed by atoms with Crippen LogP contribution in [0.15, 0.2) is 40.9 Å². The lowest BCUT2D eigenvalue weighted by atomic mass is 10.1. The van der Waals surface area contributed by atoms with Crippen LogP contribution in [0.5, 0.6) is 0 Å². The van der Waals surface area contributed by atoms with Crippen molar-refractivity contribution in [3.05, 3.63) is 52.3 Å². The molecule has 0 spiro atoms. The molecule has 0 saturated carbocycles. The summed E-state index contributed by atoms with van der Waals surface area (Å²) in [6, 6.07) is 8.72. The fraction of sp³-hybridized carbons (Fsp3) is 0. The average Bonchev–Trinajstić information content (AvgIpc) is 2.34. The van der Waals surface area contributed by atoms with Gasteiger partial charge in [0.25, 0.3) is 0 Å². The van der Waals surface area contributed by atoms with Gasteiger partial charge in [0.15, 0.2) is 0 Å². The topological polar surface area (TPSA) is 75.4 Å². The van der Waals surface area contributed by atoms with Crippen LogP contribution in [-0.4, -0.2) is 11.1 Å². The van der Waals surface area contributed by atoms with E-state index in [1.54, 1.807) is 6.07 Å². The summed E-state index contributed by atoms with van der Waals surface area (Å²) in [6.07, 6.45) is 0. The highest BCUT2D eigenvalue weighted by molar-refractivity contribution is 9.10. The number of carbonyl (C=O) groups is 1. The molecule has 0 bridgehead atoms. The fourth-order valence-electron chi connectivity index (χ4n) is 1.53. The Morgan fingerprint density at radius 3 is 2.58 bits per heavy atom. The van der Waals surface area contributed by atoms with Gasteiger partial charge in [-0.1, -0.05) is 15.9 Å². The van der Waals surface area contributed by atoms with Gasteiger partial charge in [-0.3, -0.25) is 0 Å². The number of hydrogen-bond acceptors (Lipinski definition) is 3. The average molecular weight is 325 g/mol. The molecule has 0 unspecified atom stereocenters. The van der Waals surface area contributed by atoms with Crippen molar-refractivity contribution in [1.29, 1.82) is 0 Å². The molecule has 4 N–H and O–H groups in total. The standard InChI is InChI=1S/C13H10BrFN2O2/c14-8-2-4-11(9(15)6-8)17-12-5-7(13(18)19)1-3-10(12)16/h1-6,17H,16H2,(H,18,19). The van der Waals surface area contributed by atoms with Crippen LogP contribution in [0.1, 0.15) is 10.4 Å². The molecule has 4 nitrogen and oxygen atoms in total. The molecule has 0 fully saturated rings. The van der Waals surface area contributed by atoms with E-state index in [2.05, 4.69) is 21.2 Å². The number of hydrogen-bond donors (Lipinski definition) is 3. The Morgan fingerprint density at radius 2 is 1.95 bits per heavy atom. The van der Waals surface area contributed by atoms with Gasteiger partial charge in [0.2, 0.25) is 0 Å². The van der Waals surface area contributed by atoms with Crippen LogP contribution in [0.25, 0.3) is 0 Å². The highest BCUT2D eigenvalue weighted by atomic mass is 79.9. The minimum atomic E-state index is -1.07. The smallest absolute Gasteiger partial charge is 0.335 e. The van der Waals surface area contributed by atoms with Crippen LogP contribution in [0.3, 0.4) is 0 Å². The minimum absolute atomic E-state index is 0.0780. The quantitative estimate of drug-likeness (QED) is 0.754. The molecule has 0 atom stereocenters. The van der Waals surface area contributed by atoms with E-state index in [4.69, 9.17) is 10.8 Å². The number of benzene rings is 2. The van der Waals surface area contributed by atoms with Crippen molar-refractivity contribution in [3.63, 3.8) is 0 Å². The van der Waals surface area contributed by atoms with Gasteiger partial charge in [-0.15, -0.1) is 0 Å². The largest absolute Gasteiger partial charge is 0.478 e. The number of nitrogen functional groups attached to an aromatic ring is 1. The Hall–Kier alpha value is -2.08. The predicted molar refractivity (Wildman–Crippen MR) is 75.2 cm³/mol. The van der Waals surface area contributed by atoms with E-state index in [9.17, 15) is 9.18 Å². The zero-order valence-corrected chi connectivity index (χ0v) is 11.2. The lowest BCUT2D eigenvalue weighted by Crippen LogP contribution is -2.02. The fourth-order valence-corrected chi connectivity index (χ4v) is 1.87. The number of carboxylic acid groups (broad SMARTS) is 1. The van der Waals surface area contributed by atoms with E-state index in [0.717, 1.165) is 0 Å². The van der Waals surface area contributed by atoms with Gasteiger partial charge in [-0.05, 0) is 36.4 Å². The molecular weight excluding hydrogens is 315 g/mol. The number of rotatable bonds is 3. The zero-order chi connectivity index (χ0) is 14.0. The van der Waals surface area contributed by atoms with Gasteiger partial charge in [0.1, 0.15) is 5.82 Å². The van der Waals surface area contributed by atoms with E-state index in [-0.39, 0.29) is 11.3 Å².